The van der Waals surface area contributed by atoms with Gasteiger partial charge in [0.15, 0.2) is 5.84 Å². The third-order valence-corrected chi connectivity index (χ3v) is 4.20. The van der Waals surface area contributed by atoms with E-state index in [0.717, 1.165) is 34.2 Å². The molecule has 1 aliphatic heterocycles. The summed E-state index contributed by atoms with van der Waals surface area (Å²) in [6.45, 7) is 4.16. The molecule has 0 atom stereocenters. The summed E-state index contributed by atoms with van der Waals surface area (Å²) in [6.07, 6.45) is 0. The molecule has 0 saturated carbocycles. The first-order valence-electron chi connectivity index (χ1n) is 8.36. The minimum Gasteiger partial charge on any atom is -0.338 e. The summed E-state index contributed by atoms with van der Waals surface area (Å²) >= 11 is 0. The molecule has 0 unspecified atom stereocenters. The lowest BCUT2D eigenvalue weighted by Gasteiger charge is -2.08. The number of nitrogens with zero attached hydrogens (tertiary/aromatic N) is 2. The summed E-state index contributed by atoms with van der Waals surface area (Å²) in [5, 5.41) is 3.42. The molecule has 3 nitrogen and oxygen atoms in total. The second-order valence-corrected chi connectivity index (χ2v) is 6.26. The number of benzene rings is 3. The van der Waals surface area contributed by atoms with E-state index >= 15 is 0 Å². The zero-order chi connectivity index (χ0) is 17.2. The van der Waals surface area contributed by atoms with Gasteiger partial charge in [-0.2, -0.15) is 0 Å². The quantitative estimate of drug-likeness (QED) is 0.656. The van der Waals surface area contributed by atoms with E-state index in [9.17, 15) is 0 Å². The van der Waals surface area contributed by atoms with E-state index in [2.05, 4.69) is 61.6 Å². The highest BCUT2D eigenvalue weighted by Crippen LogP contribution is 2.29. The molecule has 4 rings (SSSR count). The van der Waals surface area contributed by atoms with Crippen LogP contribution in [0.15, 0.2) is 82.8 Å². The van der Waals surface area contributed by atoms with Crippen LogP contribution in [0.25, 0.3) is 0 Å². The molecule has 0 fully saturated rings. The van der Waals surface area contributed by atoms with Gasteiger partial charge in [0, 0.05) is 11.3 Å². The fourth-order valence-electron chi connectivity index (χ4n) is 2.79. The van der Waals surface area contributed by atoms with Crippen molar-refractivity contribution in [2.75, 3.05) is 5.32 Å². The first-order chi connectivity index (χ1) is 12.2. The average Bonchev–Trinajstić information content (AvgIpc) is 2.96. The van der Waals surface area contributed by atoms with Gasteiger partial charge in [0.25, 0.3) is 0 Å². The fourth-order valence-corrected chi connectivity index (χ4v) is 2.79. The molecule has 3 heteroatoms. The zero-order valence-electron chi connectivity index (χ0n) is 14.3. The van der Waals surface area contributed by atoms with Crippen molar-refractivity contribution in [3.05, 3.63) is 89.5 Å². The van der Waals surface area contributed by atoms with Gasteiger partial charge in [-0.05, 0) is 44.2 Å². The highest BCUT2D eigenvalue weighted by molar-refractivity contribution is 6.54. The number of hydrogen-bond acceptors (Lipinski definition) is 3. The van der Waals surface area contributed by atoms with Crippen LogP contribution < -0.4 is 5.32 Å². The van der Waals surface area contributed by atoms with Crippen molar-refractivity contribution < 1.29 is 0 Å². The summed E-state index contributed by atoms with van der Waals surface area (Å²) < 4.78 is 0. The van der Waals surface area contributed by atoms with Gasteiger partial charge < -0.3 is 5.32 Å². The molecule has 0 amide bonds. The van der Waals surface area contributed by atoms with Gasteiger partial charge in [0.2, 0.25) is 0 Å². The number of anilines is 1. The average molecular weight is 325 g/mol. The number of hydrogen-bond donors (Lipinski definition) is 1. The largest absolute Gasteiger partial charge is 0.338 e. The highest BCUT2D eigenvalue weighted by atomic mass is 15.0. The highest BCUT2D eigenvalue weighted by Gasteiger charge is 2.22. The van der Waals surface area contributed by atoms with Crippen molar-refractivity contribution in [3.63, 3.8) is 0 Å². The lowest BCUT2D eigenvalue weighted by atomic mass is 10.1. The fraction of sp³-hybridized carbons (Fsp3) is 0.0909. The summed E-state index contributed by atoms with van der Waals surface area (Å²) in [6, 6.07) is 24.6. The Morgan fingerprint density at radius 1 is 0.760 bits per heavy atom. The second-order valence-electron chi connectivity index (χ2n) is 6.26. The smallest absolute Gasteiger partial charge is 0.157 e. The molecule has 0 saturated heterocycles. The van der Waals surface area contributed by atoms with Gasteiger partial charge >= 0.3 is 0 Å². The number of amidine groups is 1. The Morgan fingerprint density at radius 3 is 2.12 bits per heavy atom. The van der Waals surface area contributed by atoms with Crippen LogP contribution in [0, 0.1) is 13.8 Å². The summed E-state index contributed by atoms with van der Waals surface area (Å²) in [7, 11) is 0. The molecule has 1 heterocycles. The van der Waals surface area contributed by atoms with Gasteiger partial charge in [-0.3, -0.25) is 0 Å². The van der Waals surface area contributed by atoms with Crippen LogP contribution in [0.2, 0.25) is 0 Å². The molecule has 3 aromatic rings. The Morgan fingerprint density at radius 2 is 1.40 bits per heavy atom. The van der Waals surface area contributed by atoms with E-state index in [4.69, 9.17) is 9.98 Å². The van der Waals surface area contributed by atoms with E-state index in [-0.39, 0.29) is 0 Å². The standard InChI is InChI=1S/C22H19N3/c1-15-7-11-17(12-8-15)23-21-19-5-3-4-6-20(19)25-22(21)24-18-13-9-16(2)10-14-18/h3-14H,1-2H3,(H,23,24,25). The molecule has 122 valence electrons. The van der Waals surface area contributed by atoms with Crippen LogP contribution in [0.3, 0.4) is 0 Å². The van der Waals surface area contributed by atoms with Gasteiger partial charge in [-0.15, -0.1) is 0 Å². The third-order valence-electron chi connectivity index (χ3n) is 4.20. The molecule has 0 bridgehead atoms. The Labute approximate surface area is 147 Å². The summed E-state index contributed by atoms with van der Waals surface area (Å²) in [5.74, 6) is 0.783. The van der Waals surface area contributed by atoms with Gasteiger partial charge in [-0.1, -0.05) is 53.6 Å². The molecule has 25 heavy (non-hydrogen) atoms. The Bertz CT molecular complexity index is 965. The molecular weight excluding hydrogens is 306 g/mol. The maximum Gasteiger partial charge on any atom is 0.157 e. The SMILES string of the molecule is Cc1ccc(N=C2C(Nc3ccc(C)cc3)=Nc3ccccc32)cc1. The number of aliphatic imine (C=N–C) groups is 2. The minimum atomic E-state index is 0.783. The van der Waals surface area contributed by atoms with Crippen LogP contribution >= 0.6 is 0 Å². The van der Waals surface area contributed by atoms with Gasteiger partial charge in [0.05, 0.1) is 11.4 Å². The molecule has 1 aliphatic rings. The number of rotatable bonds is 2. The van der Waals surface area contributed by atoms with Crippen molar-refractivity contribution in [2.45, 2.75) is 13.8 Å². The van der Waals surface area contributed by atoms with Crippen LogP contribution in [-0.2, 0) is 0 Å². The predicted octanol–water partition coefficient (Wildman–Crippen LogP) is 5.58. The molecule has 0 radical (unpaired) electrons. The lowest BCUT2D eigenvalue weighted by Crippen LogP contribution is -2.20. The van der Waals surface area contributed by atoms with E-state index in [1.165, 1.54) is 11.1 Å². The van der Waals surface area contributed by atoms with E-state index < -0.39 is 0 Å². The van der Waals surface area contributed by atoms with Crippen LogP contribution in [0.1, 0.15) is 16.7 Å². The number of fused-ring (bicyclic) bond motifs is 1. The molecule has 1 N–H and O–H groups in total. The van der Waals surface area contributed by atoms with E-state index in [1.807, 2.05) is 30.3 Å². The predicted molar refractivity (Wildman–Crippen MR) is 106 cm³/mol. The van der Waals surface area contributed by atoms with Crippen LogP contribution in [-0.4, -0.2) is 11.5 Å². The number of para-hydroxylation sites is 1. The van der Waals surface area contributed by atoms with Crippen molar-refractivity contribution in [3.8, 4) is 0 Å². The van der Waals surface area contributed by atoms with Gasteiger partial charge in [-0.25, -0.2) is 9.98 Å². The van der Waals surface area contributed by atoms with Crippen molar-refractivity contribution >= 4 is 28.6 Å². The third kappa shape index (κ3) is 3.22. The number of nitrogens with one attached hydrogen (secondary N) is 1. The first kappa shape index (κ1) is 15.3. The van der Waals surface area contributed by atoms with Crippen LogP contribution in [0.4, 0.5) is 17.1 Å². The maximum absolute atomic E-state index is 4.86. The van der Waals surface area contributed by atoms with Crippen molar-refractivity contribution in [1.29, 1.82) is 0 Å². The molecule has 3 aromatic carbocycles. The van der Waals surface area contributed by atoms with E-state index in [0.29, 0.717) is 0 Å². The van der Waals surface area contributed by atoms with Crippen LogP contribution in [0.5, 0.6) is 0 Å². The Kier molecular flexibility index (Phi) is 3.90. The second kappa shape index (κ2) is 6.36. The Hall–Kier alpha value is -3.20. The van der Waals surface area contributed by atoms with E-state index in [1.54, 1.807) is 0 Å². The molecular formula is C22H19N3. The van der Waals surface area contributed by atoms with Crippen molar-refractivity contribution in [1.82, 2.24) is 0 Å². The number of aryl methyl sites for hydroxylation is 2. The monoisotopic (exact) mass is 325 g/mol. The Balaban J connectivity index is 1.74. The summed E-state index contributed by atoms with van der Waals surface area (Å²) in [4.78, 5) is 9.60. The molecule has 0 aliphatic carbocycles. The molecule has 0 aromatic heterocycles. The first-order valence-corrected chi connectivity index (χ1v) is 8.36. The normalized spacial score (nSPS) is 14.3. The topological polar surface area (TPSA) is 36.8 Å². The molecule has 0 spiro atoms. The maximum atomic E-state index is 4.86. The zero-order valence-corrected chi connectivity index (χ0v) is 14.3. The van der Waals surface area contributed by atoms with Gasteiger partial charge in [0.1, 0.15) is 5.71 Å². The summed E-state index contributed by atoms with van der Waals surface area (Å²) in [5.41, 5.74) is 7.27. The minimum absolute atomic E-state index is 0.783. The van der Waals surface area contributed by atoms with Crippen molar-refractivity contribution in [2.24, 2.45) is 9.98 Å². The lowest BCUT2D eigenvalue weighted by molar-refractivity contribution is 1.43.